The van der Waals surface area contributed by atoms with E-state index in [0.29, 0.717) is 35.0 Å². The van der Waals surface area contributed by atoms with Crippen molar-refractivity contribution >= 4 is 33.3 Å². The lowest BCUT2D eigenvalue weighted by Crippen LogP contribution is -2.43. The van der Waals surface area contributed by atoms with Gasteiger partial charge >= 0.3 is 0 Å². The predicted molar refractivity (Wildman–Crippen MR) is 68.2 cm³/mol. The first-order chi connectivity index (χ1) is 8.03. The van der Waals surface area contributed by atoms with Crippen molar-refractivity contribution in [2.24, 2.45) is 0 Å². The molecule has 0 bridgehead atoms. The third-order valence-corrected chi connectivity index (χ3v) is 4.23. The number of ether oxygens (including phenoxy) is 1. The van der Waals surface area contributed by atoms with E-state index in [1.807, 2.05) is 6.92 Å². The molecule has 17 heavy (non-hydrogen) atoms. The molecular formula is C10H13BrClN3O2. The molecule has 1 aromatic heterocycles. The summed E-state index contributed by atoms with van der Waals surface area (Å²) in [4.78, 5) is 7.88. The van der Waals surface area contributed by atoms with Gasteiger partial charge in [0.15, 0.2) is 0 Å². The molecule has 7 heteroatoms. The highest BCUT2D eigenvalue weighted by Crippen LogP contribution is 2.29. The van der Waals surface area contributed by atoms with Gasteiger partial charge in [0, 0.05) is 19.6 Å². The largest absolute Gasteiger partial charge is 0.385 e. The van der Waals surface area contributed by atoms with Crippen molar-refractivity contribution in [3.63, 3.8) is 0 Å². The van der Waals surface area contributed by atoms with Crippen molar-refractivity contribution in [3.05, 3.63) is 16.0 Å². The molecule has 2 heterocycles. The van der Waals surface area contributed by atoms with E-state index in [-0.39, 0.29) is 6.10 Å². The maximum Gasteiger partial charge on any atom is 0.148 e. The minimum Gasteiger partial charge on any atom is -0.385 e. The summed E-state index contributed by atoms with van der Waals surface area (Å²) in [7, 11) is 0. The number of hydrogen-bond acceptors (Lipinski definition) is 5. The lowest BCUT2D eigenvalue weighted by Gasteiger charge is -2.26. The summed E-state index contributed by atoms with van der Waals surface area (Å²) in [6, 6.07) is 0. The van der Waals surface area contributed by atoms with Gasteiger partial charge in [0.25, 0.3) is 0 Å². The Morgan fingerprint density at radius 3 is 3.12 bits per heavy atom. The molecule has 1 saturated heterocycles. The summed E-state index contributed by atoms with van der Waals surface area (Å²) in [6.45, 7) is 2.79. The van der Waals surface area contributed by atoms with E-state index in [2.05, 4.69) is 31.2 Å². The summed E-state index contributed by atoms with van der Waals surface area (Å²) >= 11 is 9.14. The first-order valence-electron chi connectivity index (χ1n) is 5.27. The summed E-state index contributed by atoms with van der Waals surface area (Å²) in [6.07, 6.45) is 1.79. The molecule has 0 amide bonds. The Bertz CT molecular complexity index is 421. The highest BCUT2D eigenvalue weighted by atomic mass is 79.9. The Morgan fingerprint density at radius 1 is 1.71 bits per heavy atom. The van der Waals surface area contributed by atoms with Crippen LogP contribution in [0.2, 0.25) is 5.15 Å². The molecule has 0 radical (unpaired) electrons. The molecule has 1 aromatic rings. The van der Waals surface area contributed by atoms with Crippen molar-refractivity contribution in [1.29, 1.82) is 0 Å². The maximum absolute atomic E-state index is 10.3. The zero-order valence-corrected chi connectivity index (χ0v) is 11.6. The van der Waals surface area contributed by atoms with Gasteiger partial charge in [-0.1, -0.05) is 11.6 Å². The second-order valence-corrected chi connectivity index (χ2v) is 5.20. The van der Waals surface area contributed by atoms with Gasteiger partial charge in [-0.05, 0) is 22.9 Å². The average molecular weight is 323 g/mol. The van der Waals surface area contributed by atoms with Gasteiger partial charge in [-0.2, -0.15) is 0 Å². The molecule has 0 aliphatic carbocycles. The van der Waals surface area contributed by atoms with Gasteiger partial charge in [-0.15, -0.1) is 0 Å². The Balaban J connectivity index is 2.05. The Kier molecular flexibility index (Phi) is 3.87. The number of aliphatic hydroxyl groups is 1. The van der Waals surface area contributed by atoms with Crippen molar-refractivity contribution in [2.45, 2.75) is 25.0 Å². The van der Waals surface area contributed by atoms with Crippen LogP contribution in [0.1, 0.15) is 13.3 Å². The lowest BCUT2D eigenvalue weighted by molar-refractivity contribution is -0.0176. The van der Waals surface area contributed by atoms with Crippen LogP contribution in [0.3, 0.4) is 0 Å². The van der Waals surface area contributed by atoms with Crippen LogP contribution in [-0.4, -0.2) is 39.9 Å². The molecule has 1 aliphatic heterocycles. The molecule has 2 N–H and O–H groups in total. The maximum atomic E-state index is 10.3. The van der Waals surface area contributed by atoms with Gasteiger partial charge in [-0.25, -0.2) is 9.97 Å². The van der Waals surface area contributed by atoms with Gasteiger partial charge in [0.1, 0.15) is 22.9 Å². The third-order valence-electron chi connectivity index (χ3n) is 2.97. The van der Waals surface area contributed by atoms with Crippen LogP contribution in [-0.2, 0) is 4.74 Å². The molecule has 0 saturated carbocycles. The van der Waals surface area contributed by atoms with Crippen LogP contribution in [0.4, 0.5) is 5.82 Å². The van der Waals surface area contributed by atoms with E-state index in [1.165, 1.54) is 6.33 Å². The van der Waals surface area contributed by atoms with Crippen molar-refractivity contribution in [2.75, 3.05) is 18.5 Å². The van der Waals surface area contributed by atoms with Crippen molar-refractivity contribution in [1.82, 2.24) is 9.97 Å². The minimum atomic E-state index is -0.864. The fraction of sp³-hybridized carbons (Fsp3) is 0.600. The van der Waals surface area contributed by atoms with E-state index < -0.39 is 5.60 Å². The fourth-order valence-corrected chi connectivity index (χ4v) is 2.19. The number of nitrogens with one attached hydrogen (secondary N) is 1. The van der Waals surface area contributed by atoms with Crippen LogP contribution in [0.5, 0.6) is 0 Å². The number of nitrogens with zero attached hydrogens (tertiary/aromatic N) is 2. The third kappa shape index (κ3) is 2.70. The topological polar surface area (TPSA) is 67.3 Å². The van der Waals surface area contributed by atoms with Crippen LogP contribution < -0.4 is 5.32 Å². The monoisotopic (exact) mass is 321 g/mol. The molecule has 2 unspecified atom stereocenters. The van der Waals surface area contributed by atoms with E-state index in [9.17, 15) is 5.11 Å². The molecule has 0 spiro atoms. The molecule has 94 valence electrons. The van der Waals surface area contributed by atoms with E-state index in [0.717, 1.165) is 0 Å². The molecule has 2 rings (SSSR count). The van der Waals surface area contributed by atoms with Crippen molar-refractivity contribution in [3.8, 4) is 0 Å². The number of hydrogen-bond donors (Lipinski definition) is 2. The van der Waals surface area contributed by atoms with Crippen LogP contribution in [0.15, 0.2) is 10.8 Å². The molecule has 5 nitrogen and oxygen atoms in total. The quantitative estimate of drug-likeness (QED) is 0.831. The summed E-state index contributed by atoms with van der Waals surface area (Å²) < 4.78 is 5.94. The average Bonchev–Trinajstić information content (AvgIpc) is 2.62. The smallest absolute Gasteiger partial charge is 0.148 e. The van der Waals surface area contributed by atoms with Crippen LogP contribution in [0.25, 0.3) is 0 Å². The first kappa shape index (κ1) is 13.0. The normalized spacial score (nSPS) is 28.4. The SMILES string of the molecule is CC1OCCC1(O)CNc1ncnc(Cl)c1Br. The van der Waals surface area contributed by atoms with Crippen molar-refractivity contribution < 1.29 is 9.84 Å². The Labute approximate surface area is 113 Å². The fourth-order valence-electron chi connectivity index (χ4n) is 1.71. The molecule has 2 atom stereocenters. The van der Waals surface area contributed by atoms with Gasteiger partial charge in [-0.3, -0.25) is 0 Å². The highest BCUT2D eigenvalue weighted by Gasteiger charge is 2.39. The summed E-state index contributed by atoms with van der Waals surface area (Å²) in [5.41, 5.74) is -0.864. The van der Waals surface area contributed by atoms with Crippen LogP contribution >= 0.6 is 27.5 Å². The van der Waals surface area contributed by atoms with Gasteiger partial charge < -0.3 is 15.2 Å². The zero-order valence-electron chi connectivity index (χ0n) is 9.28. The van der Waals surface area contributed by atoms with Gasteiger partial charge in [0.05, 0.1) is 10.6 Å². The number of rotatable bonds is 3. The summed E-state index contributed by atoms with van der Waals surface area (Å²) in [5.74, 6) is 0.567. The summed E-state index contributed by atoms with van der Waals surface area (Å²) in [5, 5.41) is 13.7. The second kappa shape index (κ2) is 5.06. The number of aromatic nitrogens is 2. The molecule has 1 aliphatic rings. The van der Waals surface area contributed by atoms with Gasteiger partial charge in [0.2, 0.25) is 0 Å². The Morgan fingerprint density at radius 2 is 2.47 bits per heavy atom. The van der Waals surface area contributed by atoms with E-state index in [1.54, 1.807) is 0 Å². The first-order valence-corrected chi connectivity index (χ1v) is 6.44. The number of anilines is 1. The van der Waals surface area contributed by atoms with Crippen LogP contribution in [0, 0.1) is 0 Å². The zero-order chi connectivity index (χ0) is 12.5. The minimum absolute atomic E-state index is 0.189. The molecular weight excluding hydrogens is 309 g/mol. The van der Waals surface area contributed by atoms with E-state index in [4.69, 9.17) is 16.3 Å². The highest BCUT2D eigenvalue weighted by molar-refractivity contribution is 9.10. The molecule has 0 aromatic carbocycles. The number of halogens is 2. The second-order valence-electron chi connectivity index (χ2n) is 4.05. The lowest BCUT2D eigenvalue weighted by atomic mass is 9.97. The molecule has 1 fully saturated rings. The van der Waals surface area contributed by atoms with E-state index >= 15 is 0 Å². The Hall–Kier alpha value is -0.430. The standard InChI is InChI=1S/C10H13BrClN3O2/c1-6-10(16,2-3-17-6)4-13-9-7(11)8(12)14-5-15-9/h5-6,16H,2-4H2,1H3,(H,13,14,15). The predicted octanol–water partition coefficient (Wildman–Crippen LogP) is 1.84.